The zero-order valence-corrected chi connectivity index (χ0v) is 43.7. The van der Waals surface area contributed by atoms with Crippen molar-refractivity contribution in [3.8, 4) is 22.3 Å². The van der Waals surface area contributed by atoms with E-state index >= 15 is 0 Å². The molecule has 2 aliphatic heterocycles. The van der Waals surface area contributed by atoms with Gasteiger partial charge < -0.3 is 4.48 Å². The van der Waals surface area contributed by atoms with E-state index in [9.17, 15) is 0 Å². The van der Waals surface area contributed by atoms with Crippen molar-refractivity contribution in [3.63, 3.8) is 0 Å². The van der Waals surface area contributed by atoms with Gasteiger partial charge in [-0.25, -0.2) is 0 Å². The lowest BCUT2D eigenvalue weighted by atomic mass is 9.37. The number of fused-ring (bicyclic) bond motifs is 15. The van der Waals surface area contributed by atoms with Gasteiger partial charge in [0.1, 0.15) is 0 Å². The monoisotopic (exact) mass is 892 g/mol. The van der Waals surface area contributed by atoms with Gasteiger partial charge in [0.2, 0.25) is 0 Å². The van der Waals surface area contributed by atoms with Crippen LogP contribution in [0.2, 0.25) is 0 Å². The molecule has 1 aromatic heterocycles. The van der Waals surface area contributed by atoms with Crippen molar-refractivity contribution in [3.05, 3.63) is 153 Å². The van der Waals surface area contributed by atoms with Crippen LogP contribution in [-0.2, 0) is 21.7 Å². The molecule has 68 heavy (non-hydrogen) atoms. The molecule has 2 atom stereocenters. The lowest BCUT2D eigenvalue weighted by Gasteiger charge is -2.43. The zero-order valence-electron chi connectivity index (χ0n) is 43.7. The standard InChI is InChI=1S/C66H74BN/c1-14-33-62(4,5)41(15-2)30-27-39(3)28-31-45-56-48-37-51-52(64(8,9)35-34-63(51,6)7)38-50(48)66(12,13)61(56)67-59-47(36-53-57(58(45)59)44-23-18-19-26-49(44)65(53,10)11)43-24-20-25-46-55-42-22-17-16-21-40(42)29-32-54(55)68(67)60(43)46/h16-26,29-30,32,36-39,45H,14-15,27-28,31,33-35H2,1-13H3/b41-30+. The maximum atomic E-state index is 2.88. The minimum atomic E-state index is -0.188. The summed E-state index contributed by atoms with van der Waals surface area (Å²) in [6.07, 6.45) is 12.2. The molecule has 0 fully saturated rings. The summed E-state index contributed by atoms with van der Waals surface area (Å²) in [5.74, 6) is 0.841. The van der Waals surface area contributed by atoms with Gasteiger partial charge in [-0.3, -0.25) is 0 Å². The molecule has 3 aliphatic carbocycles. The number of allylic oxidation sites excluding steroid dienone is 4. The molecule has 5 aliphatic rings. The molecule has 0 spiro atoms. The van der Waals surface area contributed by atoms with E-state index in [1.807, 2.05) is 0 Å². The molecule has 1 nitrogen and oxygen atoms in total. The molecule has 0 radical (unpaired) electrons. The predicted octanol–water partition coefficient (Wildman–Crippen LogP) is 17.7. The molecule has 3 heterocycles. The van der Waals surface area contributed by atoms with Crippen molar-refractivity contribution in [2.24, 2.45) is 11.3 Å². The van der Waals surface area contributed by atoms with E-state index < -0.39 is 0 Å². The summed E-state index contributed by atoms with van der Waals surface area (Å²) in [5.41, 5.74) is 26.3. The van der Waals surface area contributed by atoms with E-state index in [1.165, 1.54) is 98.1 Å². The van der Waals surface area contributed by atoms with Crippen LogP contribution in [0.4, 0.5) is 0 Å². The number of hydrogen-bond donors (Lipinski definition) is 0. The molecule has 346 valence electrons. The lowest BCUT2D eigenvalue weighted by molar-refractivity contribution is 0.331. The van der Waals surface area contributed by atoms with Crippen LogP contribution < -0.4 is 5.46 Å². The fraction of sp³-hybridized carbons (Fsp3) is 0.424. The molecule has 2 unspecified atom stereocenters. The van der Waals surface area contributed by atoms with Crippen LogP contribution in [0.3, 0.4) is 0 Å². The molecule has 0 saturated carbocycles. The predicted molar refractivity (Wildman–Crippen MR) is 295 cm³/mol. The smallest absolute Gasteiger partial charge is 0.326 e. The van der Waals surface area contributed by atoms with E-state index in [1.54, 1.807) is 49.9 Å². The summed E-state index contributed by atoms with van der Waals surface area (Å²) in [6.45, 7) is 32.6. The third-order valence-electron chi connectivity index (χ3n) is 19.2. The molecule has 0 N–H and O–H groups in total. The van der Waals surface area contributed by atoms with E-state index in [0.717, 1.165) is 19.3 Å². The summed E-state index contributed by atoms with van der Waals surface area (Å²) >= 11 is 0. The number of hydrogen-bond acceptors (Lipinski definition) is 0. The first-order chi connectivity index (χ1) is 32.3. The van der Waals surface area contributed by atoms with Gasteiger partial charge in [0.25, 0.3) is 0 Å². The fourth-order valence-corrected chi connectivity index (χ4v) is 15.4. The maximum absolute atomic E-state index is 2.88. The van der Waals surface area contributed by atoms with Gasteiger partial charge in [-0.2, -0.15) is 0 Å². The number of rotatable bonds is 9. The molecule has 0 amide bonds. The van der Waals surface area contributed by atoms with Crippen molar-refractivity contribution in [2.45, 2.75) is 169 Å². The van der Waals surface area contributed by atoms with Crippen LogP contribution in [-0.4, -0.2) is 11.3 Å². The quantitative estimate of drug-likeness (QED) is 0.101. The molecule has 2 heteroatoms. The van der Waals surface area contributed by atoms with E-state index in [-0.39, 0.29) is 39.8 Å². The summed E-state index contributed by atoms with van der Waals surface area (Å²) in [5, 5.41) is 5.46. The first-order valence-corrected chi connectivity index (χ1v) is 26.7. The first-order valence-electron chi connectivity index (χ1n) is 26.7. The number of para-hydroxylation sites is 1. The average molecular weight is 892 g/mol. The van der Waals surface area contributed by atoms with Crippen molar-refractivity contribution in [1.82, 2.24) is 4.48 Å². The highest BCUT2D eigenvalue weighted by Crippen LogP contribution is 2.63. The summed E-state index contributed by atoms with van der Waals surface area (Å²) in [6, 6.07) is 39.0. The number of nitrogens with zero attached hydrogens (tertiary/aromatic N) is 1. The van der Waals surface area contributed by atoms with Gasteiger partial charge in [-0.05, 0) is 151 Å². The Morgan fingerprint density at radius 2 is 1.38 bits per heavy atom. The van der Waals surface area contributed by atoms with E-state index in [0.29, 0.717) is 5.92 Å². The number of benzene rings is 6. The Labute approximate surface area is 408 Å². The Morgan fingerprint density at radius 1 is 0.706 bits per heavy atom. The van der Waals surface area contributed by atoms with Crippen LogP contribution >= 0.6 is 0 Å². The Bertz CT molecular complexity index is 3370. The Kier molecular flexibility index (Phi) is 9.56. The molecule has 0 bridgehead atoms. The molecule has 0 saturated heterocycles. The normalized spacial score (nSPS) is 20.3. The Morgan fingerprint density at radius 3 is 2.13 bits per heavy atom. The van der Waals surface area contributed by atoms with Gasteiger partial charge in [-0.15, -0.1) is 0 Å². The van der Waals surface area contributed by atoms with Gasteiger partial charge in [0, 0.05) is 44.1 Å². The van der Waals surface area contributed by atoms with E-state index in [2.05, 4.69) is 198 Å². The van der Waals surface area contributed by atoms with Gasteiger partial charge in [-0.1, -0.05) is 205 Å². The van der Waals surface area contributed by atoms with Gasteiger partial charge in [0.05, 0.1) is 0 Å². The SMILES string of the molecule is CCCC(C)(C)/C(=C/CC(C)CCC1C2=C(B3c4c(cc5c(c41)-c1ccccc1C5(C)C)-c1cccc4c5c6ccccc6ccc5n3c14)C(C)(C)c1cc3c(cc12)C(C)(C)CCC3(C)C)CC. The van der Waals surface area contributed by atoms with Crippen LogP contribution in [0.1, 0.15) is 186 Å². The number of aromatic nitrogens is 1. The second-order valence-corrected chi connectivity index (χ2v) is 25.4. The van der Waals surface area contributed by atoms with Crippen LogP contribution in [0.5, 0.6) is 0 Å². The van der Waals surface area contributed by atoms with Crippen LogP contribution in [0, 0.1) is 11.3 Å². The summed E-state index contributed by atoms with van der Waals surface area (Å²) in [7, 11) is 0. The largest absolute Gasteiger partial charge is 0.376 e. The minimum absolute atomic E-state index is 0.0669. The third-order valence-corrected chi connectivity index (χ3v) is 19.2. The summed E-state index contributed by atoms with van der Waals surface area (Å²) in [4.78, 5) is 0. The van der Waals surface area contributed by atoms with Crippen molar-refractivity contribution >= 4 is 50.5 Å². The Balaban J connectivity index is 1.18. The lowest BCUT2D eigenvalue weighted by Crippen LogP contribution is -2.52. The topological polar surface area (TPSA) is 4.93 Å². The second-order valence-electron chi connectivity index (χ2n) is 25.4. The van der Waals surface area contributed by atoms with E-state index in [4.69, 9.17) is 0 Å². The van der Waals surface area contributed by atoms with Gasteiger partial charge >= 0.3 is 6.85 Å². The molecule has 6 aromatic carbocycles. The Hall–Kier alpha value is -5.08. The highest BCUT2D eigenvalue weighted by molar-refractivity contribution is 6.84. The van der Waals surface area contributed by atoms with Crippen molar-refractivity contribution < 1.29 is 0 Å². The molecular formula is C66H74BN. The first kappa shape index (κ1) is 44.2. The van der Waals surface area contributed by atoms with Crippen LogP contribution in [0.15, 0.2) is 114 Å². The second kappa shape index (κ2) is 14.7. The summed E-state index contributed by atoms with van der Waals surface area (Å²) < 4.78 is 2.88. The fourth-order valence-electron chi connectivity index (χ4n) is 15.4. The van der Waals surface area contributed by atoms with Gasteiger partial charge in [0.15, 0.2) is 0 Å². The molecular weight excluding hydrogens is 818 g/mol. The average Bonchev–Trinajstić information content (AvgIpc) is 3.86. The van der Waals surface area contributed by atoms with Crippen molar-refractivity contribution in [1.29, 1.82) is 0 Å². The van der Waals surface area contributed by atoms with Crippen LogP contribution in [0.25, 0.3) is 60.4 Å². The third kappa shape index (κ3) is 5.88. The molecule has 7 aromatic rings. The molecule has 12 rings (SSSR count). The van der Waals surface area contributed by atoms with Crippen molar-refractivity contribution in [2.75, 3.05) is 0 Å². The highest BCUT2D eigenvalue weighted by atomic mass is 14.9. The highest BCUT2D eigenvalue weighted by Gasteiger charge is 2.56. The maximum Gasteiger partial charge on any atom is 0.326 e. The zero-order chi connectivity index (χ0) is 47.6. The minimum Gasteiger partial charge on any atom is -0.376 e.